The molecule has 3 aromatic carbocycles. The molecule has 3 rings (SSSR count). The van der Waals surface area contributed by atoms with E-state index in [1.807, 2.05) is 19.1 Å². The predicted octanol–water partition coefficient (Wildman–Crippen LogP) is 7.02. The van der Waals surface area contributed by atoms with E-state index in [4.69, 9.17) is 9.79 Å². The maximum Gasteiger partial charge on any atom is 0.325 e. The summed E-state index contributed by atoms with van der Waals surface area (Å²) in [6, 6.07) is 19.4. The molecule has 0 bridgehead atoms. The second-order valence-corrected chi connectivity index (χ2v) is 11.1. The summed E-state index contributed by atoms with van der Waals surface area (Å²) in [5.74, 6) is 6.37. The van der Waals surface area contributed by atoms with Gasteiger partial charge in [-0.1, -0.05) is 60.7 Å². The number of unbranched alkanes of at least 4 members (excludes halogenated alkanes) is 2. The van der Waals surface area contributed by atoms with Crippen LogP contribution < -0.4 is 0 Å². The Balaban J connectivity index is 1.74. The summed E-state index contributed by atoms with van der Waals surface area (Å²) in [5, 5.41) is 0. The lowest BCUT2D eigenvalue weighted by Gasteiger charge is -2.13. The molecule has 1 atom stereocenters. The van der Waals surface area contributed by atoms with E-state index in [0.717, 1.165) is 36.0 Å². The fourth-order valence-electron chi connectivity index (χ4n) is 4.15. The van der Waals surface area contributed by atoms with Crippen LogP contribution in [0.4, 0.5) is 4.39 Å². The molecule has 184 valence electrons. The second kappa shape index (κ2) is 12.3. The predicted molar refractivity (Wildman–Crippen MR) is 141 cm³/mol. The molecule has 5 heteroatoms. The third kappa shape index (κ3) is 8.79. The van der Waals surface area contributed by atoms with E-state index in [2.05, 4.69) is 56.0 Å². The number of rotatable bonds is 9. The quantitative estimate of drug-likeness (QED) is 0.192. The highest BCUT2D eigenvalue weighted by Gasteiger charge is 2.13. The normalized spacial score (nSPS) is 12.2. The van der Waals surface area contributed by atoms with Gasteiger partial charge in [-0.2, -0.15) is 0 Å². The van der Waals surface area contributed by atoms with Crippen LogP contribution in [-0.4, -0.2) is 15.9 Å². The van der Waals surface area contributed by atoms with Crippen molar-refractivity contribution in [3.05, 3.63) is 105 Å². The van der Waals surface area contributed by atoms with Crippen LogP contribution in [0.1, 0.15) is 64.1 Å². The first-order valence-corrected chi connectivity index (χ1v) is 13.9. The minimum Gasteiger partial charge on any atom is -0.324 e. The Morgan fingerprint density at radius 2 is 1.60 bits per heavy atom. The topological polar surface area (TPSA) is 57.5 Å². The van der Waals surface area contributed by atoms with Crippen LogP contribution in [0, 0.1) is 38.4 Å². The maximum absolute atomic E-state index is 14.0. The molecule has 0 fully saturated rings. The lowest BCUT2D eigenvalue weighted by molar-refractivity contribution is 0.371. The molecule has 35 heavy (non-hydrogen) atoms. The van der Waals surface area contributed by atoms with E-state index < -0.39 is 7.60 Å². The van der Waals surface area contributed by atoms with Gasteiger partial charge in [-0.15, -0.1) is 0 Å². The van der Waals surface area contributed by atoms with Gasteiger partial charge in [-0.3, -0.25) is 4.57 Å². The van der Waals surface area contributed by atoms with Gasteiger partial charge in [0.05, 0.1) is 0 Å². The Bertz CT molecular complexity index is 1270. The molecule has 0 heterocycles. The minimum atomic E-state index is -3.90. The van der Waals surface area contributed by atoms with Crippen LogP contribution in [0.5, 0.6) is 0 Å². The Kier molecular flexibility index (Phi) is 9.47. The average Bonchev–Trinajstić information content (AvgIpc) is 2.79. The van der Waals surface area contributed by atoms with Gasteiger partial charge in [0.25, 0.3) is 0 Å². The van der Waals surface area contributed by atoms with Crippen LogP contribution in [0.15, 0.2) is 60.7 Å². The molecule has 0 spiro atoms. The summed E-state index contributed by atoms with van der Waals surface area (Å²) in [5.41, 5.74) is 7.79. The number of hydrogen-bond acceptors (Lipinski definition) is 1. The van der Waals surface area contributed by atoms with Gasteiger partial charge in [0.2, 0.25) is 0 Å². The third-order valence-electron chi connectivity index (χ3n) is 6.35. The fourth-order valence-corrected chi connectivity index (χ4v) is 4.79. The van der Waals surface area contributed by atoms with Crippen LogP contribution >= 0.6 is 7.60 Å². The highest BCUT2D eigenvalue weighted by Crippen LogP contribution is 2.35. The van der Waals surface area contributed by atoms with Gasteiger partial charge < -0.3 is 9.79 Å². The Morgan fingerprint density at radius 1 is 0.857 bits per heavy atom. The zero-order valence-electron chi connectivity index (χ0n) is 20.7. The Morgan fingerprint density at radius 3 is 2.29 bits per heavy atom. The zero-order chi connectivity index (χ0) is 25.4. The summed E-state index contributed by atoms with van der Waals surface area (Å²) >= 11 is 0. The van der Waals surface area contributed by atoms with Crippen LogP contribution in [0.3, 0.4) is 0 Å². The average molecular weight is 493 g/mol. The van der Waals surface area contributed by atoms with E-state index in [-0.39, 0.29) is 17.9 Å². The van der Waals surface area contributed by atoms with Crippen molar-refractivity contribution in [3.8, 4) is 11.8 Å². The summed E-state index contributed by atoms with van der Waals surface area (Å²) in [6.07, 6.45) is 3.75. The largest absolute Gasteiger partial charge is 0.325 e. The van der Waals surface area contributed by atoms with E-state index in [9.17, 15) is 8.96 Å². The molecule has 0 aliphatic carbocycles. The van der Waals surface area contributed by atoms with Gasteiger partial charge in [0, 0.05) is 17.6 Å². The summed E-state index contributed by atoms with van der Waals surface area (Å²) in [4.78, 5) is 17.9. The standard InChI is InChI=1S/C30H34FO3P/c1-22-11-12-26(18-23(22)2)20-29(28-9-7-10-30(31)21-28)16-15-27-14-13-25(19-24(27)3)8-5-4-6-17-35(32,33)34/h7,9-14,18-19,21,29H,4-6,8,17,20H2,1-3H3,(H2,32,33,34). The highest BCUT2D eigenvalue weighted by atomic mass is 31.2. The van der Waals surface area contributed by atoms with Crippen LogP contribution in [-0.2, 0) is 17.4 Å². The number of halogens is 1. The van der Waals surface area contributed by atoms with Crippen molar-refractivity contribution in [1.82, 2.24) is 0 Å². The van der Waals surface area contributed by atoms with E-state index in [1.165, 1.54) is 28.3 Å². The summed E-state index contributed by atoms with van der Waals surface area (Å²) < 4.78 is 24.9. The molecule has 0 aliphatic rings. The Labute approximate surface area is 208 Å². The van der Waals surface area contributed by atoms with Crippen molar-refractivity contribution < 1.29 is 18.7 Å². The SMILES string of the molecule is Cc1ccc(CC(C#Cc2ccc(CCCCCP(=O)(O)O)cc2C)c2cccc(F)c2)cc1C. The summed E-state index contributed by atoms with van der Waals surface area (Å²) in [6.45, 7) is 6.24. The van der Waals surface area contributed by atoms with Crippen molar-refractivity contribution >= 4 is 7.60 Å². The van der Waals surface area contributed by atoms with Gasteiger partial charge in [-0.25, -0.2) is 4.39 Å². The van der Waals surface area contributed by atoms with Gasteiger partial charge >= 0.3 is 7.60 Å². The lowest BCUT2D eigenvalue weighted by atomic mass is 9.90. The number of hydrogen-bond donors (Lipinski definition) is 2. The molecule has 1 unspecified atom stereocenters. The first kappa shape index (κ1) is 26.9. The highest BCUT2D eigenvalue weighted by molar-refractivity contribution is 7.51. The second-order valence-electron chi connectivity index (χ2n) is 9.35. The number of aryl methyl sites for hydroxylation is 4. The maximum atomic E-state index is 14.0. The molecule has 0 aliphatic heterocycles. The molecule has 3 aromatic rings. The monoisotopic (exact) mass is 492 g/mol. The molecular weight excluding hydrogens is 458 g/mol. The molecule has 0 radical (unpaired) electrons. The third-order valence-corrected chi connectivity index (χ3v) is 7.25. The zero-order valence-corrected chi connectivity index (χ0v) is 21.6. The van der Waals surface area contributed by atoms with Gasteiger partial charge in [0.1, 0.15) is 5.82 Å². The smallest absolute Gasteiger partial charge is 0.324 e. The van der Waals surface area contributed by atoms with E-state index >= 15 is 0 Å². The lowest BCUT2D eigenvalue weighted by Crippen LogP contribution is -2.02. The van der Waals surface area contributed by atoms with Gasteiger partial charge in [0.15, 0.2) is 0 Å². The molecule has 0 saturated carbocycles. The van der Waals surface area contributed by atoms with Crippen molar-refractivity contribution in [2.24, 2.45) is 0 Å². The molecule has 0 amide bonds. The number of benzene rings is 3. The van der Waals surface area contributed by atoms with Crippen molar-refractivity contribution in [2.45, 2.75) is 58.8 Å². The van der Waals surface area contributed by atoms with E-state index in [0.29, 0.717) is 12.8 Å². The minimum absolute atomic E-state index is 0.0464. The molecule has 3 nitrogen and oxygen atoms in total. The first-order chi connectivity index (χ1) is 16.6. The molecule has 0 saturated heterocycles. The Hall–Kier alpha value is -2.70. The van der Waals surface area contributed by atoms with Crippen molar-refractivity contribution in [3.63, 3.8) is 0 Å². The first-order valence-electron chi connectivity index (χ1n) is 12.1. The van der Waals surface area contributed by atoms with Crippen LogP contribution in [0.2, 0.25) is 0 Å². The summed E-state index contributed by atoms with van der Waals surface area (Å²) in [7, 11) is -3.90. The molecule has 2 N–H and O–H groups in total. The molecular formula is C30H34FO3P. The van der Waals surface area contributed by atoms with Crippen molar-refractivity contribution in [2.75, 3.05) is 6.16 Å². The van der Waals surface area contributed by atoms with Gasteiger partial charge in [-0.05, 0) is 98.0 Å². The molecule has 0 aromatic heterocycles. The van der Waals surface area contributed by atoms with E-state index in [1.54, 1.807) is 12.1 Å². The fraction of sp³-hybridized carbons (Fsp3) is 0.333. The van der Waals surface area contributed by atoms with Crippen molar-refractivity contribution in [1.29, 1.82) is 0 Å². The van der Waals surface area contributed by atoms with Crippen LogP contribution in [0.25, 0.3) is 0 Å².